The van der Waals surface area contributed by atoms with Gasteiger partial charge in [-0.25, -0.2) is 25.7 Å². The Hall–Kier alpha value is -1.87. The number of nitrogens with zero attached hydrogens (tertiary/aromatic N) is 4. The Balaban J connectivity index is 2.14. The van der Waals surface area contributed by atoms with Crippen LogP contribution in [0.2, 0.25) is 0 Å². The maximum Gasteiger partial charge on any atom is 0.343 e. The van der Waals surface area contributed by atoms with Crippen molar-refractivity contribution >= 4 is 17.6 Å². The van der Waals surface area contributed by atoms with Crippen molar-refractivity contribution in [2.24, 2.45) is 5.84 Å². The molecule has 0 aliphatic rings. The molecule has 0 aliphatic carbocycles. The first-order chi connectivity index (χ1) is 9.13. The minimum Gasteiger partial charge on any atom is -0.308 e. The Morgan fingerprint density at radius 2 is 2.32 bits per heavy atom. The van der Waals surface area contributed by atoms with Crippen LogP contribution in [0.25, 0.3) is 0 Å². The summed E-state index contributed by atoms with van der Waals surface area (Å²) in [6.45, 7) is 4.33. The van der Waals surface area contributed by atoms with E-state index in [1.807, 2.05) is 13.8 Å². The molecule has 102 valence electrons. The minimum atomic E-state index is -0.209. The van der Waals surface area contributed by atoms with E-state index < -0.39 is 0 Å². The van der Waals surface area contributed by atoms with Crippen LogP contribution < -0.4 is 17.0 Å². The number of hydrogen-bond donors (Lipinski definition) is 3. The molecule has 2 aromatic rings. The second-order valence-corrected chi connectivity index (χ2v) is 4.74. The third-order valence-corrected chi connectivity index (χ3v) is 3.39. The van der Waals surface area contributed by atoms with Crippen LogP contribution >= 0.6 is 11.8 Å². The molecule has 0 saturated carbocycles. The summed E-state index contributed by atoms with van der Waals surface area (Å²) in [7, 11) is 0. The number of nitrogens with two attached hydrogens (primary N) is 1. The van der Waals surface area contributed by atoms with Gasteiger partial charge in [0.15, 0.2) is 5.16 Å². The fraction of sp³-hybridized carbons (Fsp3) is 0.400. The number of aromatic nitrogens is 5. The zero-order valence-electron chi connectivity index (χ0n) is 10.7. The maximum atomic E-state index is 11.4. The normalized spacial score (nSPS) is 10.7. The molecular formula is C10H15N7OS. The van der Waals surface area contributed by atoms with E-state index >= 15 is 0 Å². The number of hydrazine groups is 1. The molecule has 2 rings (SSSR count). The van der Waals surface area contributed by atoms with Crippen molar-refractivity contribution in [2.45, 2.75) is 31.3 Å². The summed E-state index contributed by atoms with van der Waals surface area (Å²) in [6, 6.07) is 1.75. The summed E-state index contributed by atoms with van der Waals surface area (Å²) in [5.41, 5.74) is 3.11. The predicted octanol–water partition coefficient (Wildman–Crippen LogP) is 0.268. The van der Waals surface area contributed by atoms with Crippen LogP contribution in [0, 0.1) is 6.92 Å². The fourth-order valence-electron chi connectivity index (χ4n) is 1.59. The van der Waals surface area contributed by atoms with Crippen LogP contribution in [0.15, 0.2) is 16.0 Å². The Labute approximate surface area is 113 Å². The molecule has 0 amide bonds. The van der Waals surface area contributed by atoms with Gasteiger partial charge in [0, 0.05) is 18.3 Å². The molecule has 0 aromatic carbocycles. The number of nitrogens with one attached hydrogen (secondary N) is 2. The molecule has 0 spiro atoms. The van der Waals surface area contributed by atoms with Crippen molar-refractivity contribution in [3.63, 3.8) is 0 Å². The number of H-pyrrole nitrogens is 1. The molecule has 2 aromatic heterocycles. The predicted molar refractivity (Wildman–Crippen MR) is 72.7 cm³/mol. The van der Waals surface area contributed by atoms with Crippen LogP contribution in [0.3, 0.4) is 0 Å². The van der Waals surface area contributed by atoms with Crippen molar-refractivity contribution in [1.82, 2.24) is 24.7 Å². The largest absolute Gasteiger partial charge is 0.343 e. The topological polar surface area (TPSA) is 115 Å². The molecule has 9 heteroatoms. The molecule has 0 aliphatic heterocycles. The summed E-state index contributed by atoms with van der Waals surface area (Å²) < 4.78 is 1.56. The lowest BCUT2D eigenvalue weighted by atomic mass is 10.4. The molecule has 0 bridgehead atoms. The van der Waals surface area contributed by atoms with Gasteiger partial charge in [-0.05, 0) is 13.8 Å². The molecule has 0 fully saturated rings. The van der Waals surface area contributed by atoms with E-state index in [-0.39, 0.29) is 5.69 Å². The zero-order chi connectivity index (χ0) is 13.8. The van der Waals surface area contributed by atoms with Gasteiger partial charge in [0.05, 0.1) is 5.75 Å². The molecule has 19 heavy (non-hydrogen) atoms. The highest BCUT2D eigenvalue weighted by Gasteiger charge is 2.09. The van der Waals surface area contributed by atoms with Crippen LogP contribution in [-0.4, -0.2) is 24.7 Å². The average molecular weight is 281 g/mol. The summed E-state index contributed by atoms with van der Waals surface area (Å²) in [6.07, 6.45) is 0. The van der Waals surface area contributed by atoms with E-state index in [2.05, 4.69) is 25.6 Å². The lowest BCUT2D eigenvalue weighted by molar-refractivity contribution is 0.660. The number of aryl methyl sites for hydroxylation is 1. The molecule has 4 N–H and O–H groups in total. The van der Waals surface area contributed by atoms with E-state index in [1.54, 1.807) is 10.6 Å². The standard InChI is InChI=1S/C10H15N7OS/c1-3-17-9(18)15-16-10(17)19-5-8-12-6(2)4-7(13-8)14-11/h4H,3,5,11H2,1-2H3,(H,15,18)(H,12,13,14). The molecule has 0 unspecified atom stereocenters. The van der Waals surface area contributed by atoms with Gasteiger partial charge in [-0.1, -0.05) is 11.8 Å². The molecular weight excluding hydrogens is 266 g/mol. The lowest BCUT2D eigenvalue weighted by Gasteiger charge is -2.05. The number of rotatable bonds is 5. The first-order valence-corrected chi connectivity index (χ1v) is 6.71. The van der Waals surface area contributed by atoms with Gasteiger partial charge in [0.1, 0.15) is 11.6 Å². The Bertz CT molecular complexity index is 621. The van der Waals surface area contributed by atoms with Crippen LogP contribution in [0.5, 0.6) is 0 Å². The quantitative estimate of drug-likeness (QED) is 0.409. The first-order valence-electron chi connectivity index (χ1n) is 5.73. The lowest BCUT2D eigenvalue weighted by Crippen LogP contribution is -2.16. The third kappa shape index (κ3) is 3.12. The molecule has 0 saturated heterocycles. The van der Waals surface area contributed by atoms with Gasteiger partial charge >= 0.3 is 5.69 Å². The Kier molecular flexibility index (Phi) is 4.17. The highest BCUT2D eigenvalue weighted by molar-refractivity contribution is 7.98. The van der Waals surface area contributed by atoms with E-state index in [0.717, 1.165) is 5.69 Å². The highest BCUT2D eigenvalue weighted by Crippen LogP contribution is 2.18. The monoisotopic (exact) mass is 281 g/mol. The molecule has 0 atom stereocenters. The van der Waals surface area contributed by atoms with Crippen molar-refractivity contribution in [3.05, 3.63) is 28.1 Å². The summed E-state index contributed by atoms with van der Waals surface area (Å²) in [5, 5.41) is 7.01. The summed E-state index contributed by atoms with van der Waals surface area (Å²) >= 11 is 1.40. The number of anilines is 1. The van der Waals surface area contributed by atoms with E-state index in [0.29, 0.717) is 29.1 Å². The number of hydrogen-bond acceptors (Lipinski definition) is 7. The van der Waals surface area contributed by atoms with E-state index in [1.165, 1.54) is 11.8 Å². The third-order valence-electron chi connectivity index (χ3n) is 2.42. The van der Waals surface area contributed by atoms with Crippen molar-refractivity contribution < 1.29 is 0 Å². The van der Waals surface area contributed by atoms with Gasteiger partial charge < -0.3 is 5.43 Å². The highest BCUT2D eigenvalue weighted by atomic mass is 32.2. The molecule has 8 nitrogen and oxygen atoms in total. The van der Waals surface area contributed by atoms with Gasteiger partial charge in [0.2, 0.25) is 0 Å². The van der Waals surface area contributed by atoms with Crippen molar-refractivity contribution in [1.29, 1.82) is 0 Å². The molecule has 0 radical (unpaired) electrons. The Morgan fingerprint density at radius 3 is 3.00 bits per heavy atom. The van der Waals surface area contributed by atoms with Crippen LogP contribution in [0.1, 0.15) is 18.4 Å². The molecule has 2 heterocycles. The smallest absolute Gasteiger partial charge is 0.308 e. The zero-order valence-corrected chi connectivity index (χ0v) is 11.5. The SMILES string of the molecule is CCn1c(SCc2nc(C)cc(NN)n2)n[nH]c1=O. The average Bonchev–Trinajstić information content (AvgIpc) is 2.76. The van der Waals surface area contributed by atoms with E-state index in [9.17, 15) is 4.79 Å². The number of thioether (sulfide) groups is 1. The second kappa shape index (κ2) is 5.85. The number of aromatic amines is 1. The second-order valence-electron chi connectivity index (χ2n) is 3.80. The van der Waals surface area contributed by atoms with Gasteiger partial charge in [-0.3, -0.25) is 4.57 Å². The maximum absolute atomic E-state index is 11.4. The fourth-order valence-corrected chi connectivity index (χ4v) is 2.46. The van der Waals surface area contributed by atoms with E-state index in [4.69, 9.17) is 5.84 Å². The van der Waals surface area contributed by atoms with Gasteiger partial charge in [0.25, 0.3) is 0 Å². The van der Waals surface area contributed by atoms with Gasteiger partial charge in [-0.15, -0.1) is 5.10 Å². The number of nitrogen functional groups attached to an aromatic ring is 1. The van der Waals surface area contributed by atoms with Crippen LogP contribution in [0.4, 0.5) is 5.82 Å². The minimum absolute atomic E-state index is 0.209. The van der Waals surface area contributed by atoms with Crippen molar-refractivity contribution in [2.75, 3.05) is 5.43 Å². The van der Waals surface area contributed by atoms with Crippen LogP contribution in [-0.2, 0) is 12.3 Å². The van der Waals surface area contributed by atoms with Crippen molar-refractivity contribution in [3.8, 4) is 0 Å². The summed E-state index contributed by atoms with van der Waals surface area (Å²) in [5.74, 6) is 7.05. The summed E-state index contributed by atoms with van der Waals surface area (Å²) in [4.78, 5) is 20.0. The Morgan fingerprint density at radius 1 is 1.53 bits per heavy atom. The first kappa shape index (κ1) is 13.6. The van der Waals surface area contributed by atoms with Gasteiger partial charge in [-0.2, -0.15) is 0 Å².